The Hall–Kier alpha value is -2.35. The number of allylic oxidation sites excluding steroid dienone is 1. The first-order valence-electron chi connectivity index (χ1n) is 8.83. The maximum Gasteiger partial charge on any atom is 0.340 e. The van der Waals surface area contributed by atoms with Crippen LogP contribution >= 0.6 is 0 Å². The molecule has 140 valence electrons. The molecule has 7 nitrogen and oxygen atoms in total. The first-order valence-corrected chi connectivity index (χ1v) is 8.83. The fourth-order valence-electron chi connectivity index (χ4n) is 4.11. The van der Waals surface area contributed by atoms with Crippen LogP contribution in [0.2, 0.25) is 0 Å². The van der Waals surface area contributed by atoms with Gasteiger partial charge in [0.25, 0.3) is 0 Å². The normalized spacial score (nSPS) is 32.0. The van der Waals surface area contributed by atoms with E-state index in [1.807, 2.05) is 23.8 Å². The van der Waals surface area contributed by atoms with Crippen LogP contribution in [-0.4, -0.2) is 83.5 Å². The number of carbonyl (C=O) groups is 2. The summed E-state index contributed by atoms with van der Waals surface area (Å²) in [5.74, 6) is -2.77. The Kier molecular flexibility index (Phi) is 4.02. The van der Waals surface area contributed by atoms with E-state index in [9.17, 15) is 14.7 Å². The Balaban J connectivity index is 1.78. The summed E-state index contributed by atoms with van der Waals surface area (Å²) in [5.41, 5.74) is 0.114. The quantitative estimate of drug-likeness (QED) is 0.719. The number of hydrogen-bond acceptors (Lipinski definition) is 6. The molecule has 4 rings (SSSR count). The number of nitrogens with zero attached hydrogens (tertiary/aromatic N) is 3. The van der Waals surface area contributed by atoms with Crippen LogP contribution in [0, 0.1) is 5.92 Å². The molecule has 1 N–H and O–H groups in total. The summed E-state index contributed by atoms with van der Waals surface area (Å²) in [6.07, 6.45) is 2.67. The molecule has 2 fully saturated rings. The number of carboxylic acids is 1. The Morgan fingerprint density at radius 3 is 2.65 bits per heavy atom. The van der Waals surface area contributed by atoms with Gasteiger partial charge in [-0.05, 0) is 20.0 Å². The van der Waals surface area contributed by atoms with Gasteiger partial charge in [-0.25, -0.2) is 9.18 Å². The van der Waals surface area contributed by atoms with E-state index in [1.54, 1.807) is 0 Å². The van der Waals surface area contributed by atoms with Gasteiger partial charge < -0.3 is 24.5 Å². The molecule has 26 heavy (non-hydrogen) atoms. The number of likely N-dealkylation sites (N-methyl/N-ethyl adjacent to an activating group) is 1. The molecule has 4 aliphatic rings. The van der Waals surface area contributed by atoms with Crippen LogP contribution in [0.1, 0.15) is 6.92 Å². The summed E-state index contributed by atoms with van der Waals surface area (Å²) in [4.78, 5) is 30.1. The number of rotatable bonds is 2. The standard InChI is InChI=1S/C18H22FN3O4/c1-10-9-26-17-14-11(16(23)12(18(24)25)8-22(10)14)7-13(19)15(17)21-5-3-20(2)4-6-21/h7-8,10-11,14H,3-6,9H2,1-2H3,(H,24,25). The summed E-state index contributed by atoms with van der Waals surface area (Å²) < 4.78 is 20.9. The van der Waals surface area contributed by atoms with Crippen molar-refractivity contribution in [3.05, 3.63) is 35.1 Å². The number of morpholine rings is 1. The first kappa shape index (κ1) is 17.1. The van der Waals surface area contributed by atoms with Crippen molar-refractivity contribution in [1.82, 2.24) is 14.7 Å². The molecule has 0 aromatic rings. The molecule has 0 amide bonds. The van der Waals surface area contributed by atoms with E-state index >= 15 is 4.39 Å². The number of ketones is 1. The Bertz CT molecular complexity index is 752. The van der Waals surface area contributed by atoms with E-state index in [1.165, 1.54) is 12.3 Å². The average Bonchev–Trinajstić information content (AvgIpc) is 2.60. The molecule has 3 unspecified atom stereocenters. The highest BCUT2D eigenvalue weighted by atomic mass is 19.1. The second-order valence-corrected chi connectivity index (χ2v) is 7.31. The molecule has 0 bridgehead atoms. The SMILES string of the molecule is CC1COC2=C(N3CCN(C)CC3)C(F)=CC3C(=O)C(C(=O)O)=CN1C23. The maximum absolute atomic E-state index is 15.0. The lowest BCUT2D eigenvalue weighted by Crippen LogP contribution is -2.57. The van der Waals surface area contributed by atoms with E-state index in [-0.39, 0.29) is 11.6 Å². The Morgan fingerprint density at radius 2 is 2.00 bits per heavy atom. The number of halogens is 1. The van der Waals surface area contributed by atoms with Crippen LogP contribution in [-0.2, 0) is 14.3 Å². The monoisotopic (exact) mass is 363 g/mol. The van der Waals surface area contributed by atoms with Gasteiger partial charge in [-0.1, -0.05) is 0 Å². The minimum atomic E-state index is -1.28. The van der Waals surface area contributed by atoms with Crippen LogP contribution in [0.3, 0.4) is 0 Å². The van der Waals surface area contributed by atoms with Gasteiger partial charge in [0.2, 0.25) is 0 Å². The fourth-order valence-corrected chi connectivity index (χ4v) is 4.11. The molecular formula is C18H22FN3O4. The molecule has 0 aromatic carbocycles. The topological polar surface area (TPSA) is 73.3 Å². The van der Waals surface area contributed by atoms with E-state index in [0.29, 0.717) is 31.2 Å². The van der Waals surface area contributed by atoms with Gasteiger partial charge in [-0.15, -0.1) is 0 Å². The molecule has 0 radical (unpaired) electrons. The highest BCUT2D eigenvalue weighted by molar-refractivity contribution is 6.18. The second-order valence-electron chi connectivity index (χ2n) is 7.31. The van der Waals surface area contributed by atoms with E-state index in [0.717, 1.165) is 13.1 Å². The highest BCUT2D eigenvalue weighted by Gasteiger charge is 2.50. The highest BCUT2D eigenvalue weighted by Crippen LogP contribution is 2.42. The smallest absolute Gasteiger partial charge is 0.340 e. The van der Waals surface area contributed by atoms with Crippen molar-refractivity contribution < 1.29 is 23.8 Å². The van der Waals surface area contributed by atoms with Gasteiger partial charge in [-0.2, -0.15) is 0 Å². The zero-order valence-electron chi connectivity index (χ0n) is 14.8. The van der Waals surface area contributed by atoms with Crippen molar-refractivity contribution in [2.75, 3.05) is 39.8 Å². The lowest BCUT2D eigenvalue weighted by molar-refractivity contribution is -0.137. The lowest BCUT2D eigenvalue weighted by atomic mass is 9.80. The Morgan fingerprint density at radius 1 is 1.31 bits per heavy atom. The van der Waals surface area contributed by atoms with Crippen LogP contribution in [0.25, 0.3) is 0 Å². The van der Waals surface area contributed by atoms with Gasteiger partial charge >= 0.3 is 5.97 Å². The number of ether oxygens (including phenoxy) is 1. The van der Waals surface area contributed by atoms with Crippen LogP contribution in [0.15, 0.2) is 35.1 Å². The maximum atomic E-state index is 15.0. The predicted molar refractivity (Wildman–Crippen MR) is 90.5 cm³/mol. The third-order valence-corrected chi connectivity index (χ3v) is 5.60. The summed E-state index contributed by atoms with van der Waals surface area (Å²) >= 11 is 0. The van der Waals surface area contributed by atoms with E-state index in [4.69, 9.17) is 4.74 Å². The largest absolute Gasteiger partial charge is 0.491 e. The molecule has 8 heteroatoms. The second kappa shape index (κ2) is 6.12. The number of carbonyl (C=O) groups excluding carboxylic acids is 1. The minimum absolute atomic E-state index is 0.1000. The van der Waals surface area contributed by atoms with E-state index in [2.05, 4.69) is 4.90 Å². The number of aliphatic carboxylic acids is 1. The average molecular weight is 363 g/mol. The summed E-state index contributed by atoms with van der Waals surface area (Å²) in [6.45, 7) is 5.22. The summed E-state index contributed by atoms with van der Waals surface area (Å²) in [5, 5.41) is 9.34. The third kappa shape index (κ3) is 2.51. The fraction of sp³-hybridized carbons (Fsp3) is 0.556. The number of carboxylic acid groups (broad SMARTS) is 1. The van der Waals surface area contributed by atoms with Gasteiger partial charge in [0.1, 0.15) is 35.5 Å². The Labute approximate surface area is 151 Å². The molecule has 0 saturated carbocycles. The van der Waals surface area contributed by atoms with Gasteiger partial charge in [0.05, 0.1) is 12.0 Å². The molecular weight excluding hydrogens is 341 g/mol. The van der Waals surface area contributed by atoms with Crippen LogP contribution in [0.4, 0.5) is 4.39 Å². The van der Waals surface area contributed by atoms with Crippen molar-refractivity contribution >= 4 is 11.8 Å². The van der Waals surface area contributed by atoms with Crippen molar-refractivity contribution in [2.24, 2.45) is 5.92 Å². The van der Waals surface area contributed by atoms with Crippen molar-refractivity contribution in [1.29, 1.82) is 0 Å². The number of Topliss-reactive ketones (excluding diaryl/α,β-unsaturated/α-hetero) is 1. The molecule has 3 aliphatic heterocycles. The summed E-state index contributed by atoms with van der Waals surface area (Å²) in [6, 6.07) is -0.583. The van der Waals surface area contributed by atoms with Crippen LogP contribution < -0.4 is 0 Å². The van der Waals surface area contributed by atoms with Crippen LogP contribution in [0.5, 0.6) is 0 Å². The zero-order chi connectivity index (χ0) is 18.6. The summed E-state index contributed by atoms with van der Waals surface area (Å²) in [7, 11) is 2.02. The first-order chi connectivity index (χ1) is 12.4. The van der Waals surface area contributed by atoms with Crippen molar-refractivity contribution in [3.8, 4) is 0 Å². The molecule has 0 aromatic heterocycles. The molecule has 3 atom stereocenters. The van der Waals surface area contributed by atoms with Crippen molar-refractivity contribution in [2.45, 2.75) is 19.0 Å². The minimum Gasteiger partial charge on any atom is -0.491 e. The third-order valence-electron chi connectivity index (χ3n) is 5.60. The van der Waals surface area contributed by atoms with Gasteiger partial charge in [0, 0.05) is 32.4 Å². The van der Waals surface area contributed by atoms with Crippen molar-refractivity contribution in [3.63, 3.8) is 0 Å². The van der Waals surface area contributed by atoms with E-state index < -0.39 is 29.5 Å². The lowest BCUT2D eigenvalue weighted by Gasteiger charge is -2.49. The molecule has 0 spiro atoms. The molecule has 3 heterocycles. The molecule has 1 aliphatic carbocycles. The number of piperazine rings is 1. The van der Waals surface area contributed by atoms with Gasteiger partial charge in [-0.3, -0.25) is 4.79 Å². The number of hydrogen-bond donors (Lipinski definition) is 1. The van der Waals surface area contributed by atoms with Gasteiger partial charge in [0.15, 0.2) is 5.78 Å². The molecule has 2 saturated heterocycles. The predicted octanol–water partition coefficient (Wildman–Crippen LogP) is 0.569. The zero-order valence-corrected chi connectivity index (χ0v) is 14.8.